The maximum atomic E-state index is 12.0. The van der Waals surface area contributed by atoms with E-state index in [0.717, 1.165) is 16.9 Å². The van der Waals surface area contributed by atoms with Gasteiger partial charge in [-0.05, 0) is 43.0 Å². The summed E-state index contributed by atoms with van der Waals surface area (Å²) < 4.78 is 5.26. The van der Waals surface area contributed by atoms with Gasteiger partial charge in [0.15, 0.2) is 0 Å². The highest BCUT2D eigenvalue weighted by molar-refractivity contribution is 7.10. The zero-order chi connectivity index (χ0) is 18.4. The number of thiophene rings is 1. The molecule has 0 saturated carbocycles. The van der Waals surface area contributed by atoms with Crippen LogP contribution in [0.25, 0.3) is 23.5 Å². The van der Waals surface area contributed by atoms with E-state index in [9.17, 15) is 4.79 Å². The highest BCUT2D eigenvalue weighted by Crippen LogP contribution is 2.21. The third-order valence-corrected chi connectivity index (χ3v) is 4.58. The minimum atomic E-state index is -0.232. The van der Waals surface area contributed by atoms with Gasteiger partial charge in [-0.25, -0.2) is 4.79 Å². The predicted octanol–water partition coefficient (Wildman–Crippen LogP) is 4.89. The Labute approximate surface area is 155 Å². The van der Waals surface area contributed by atoms with Crippen LogP contribution in [0.4, 0.5) is 10.5 Å². The Morgan fingerprint density at radius 2 is 2.19 bits per heavy atom. The second-order valence-corrected chi connectivity index (χ2v) is 6.77. The Bertz CT molecular complexity index is 887. The van der Waals surface area contributed by atoms with Crippen LogP contribution >= 0.6 is 11.3 Å². The highest BCUT2D eigenvalue weighted by atomic mass is 32.1. The summed E-state index contributed by atoms with van der Waals surface area (Å²) in [6.45, 7) is 3.98. The first-order valence-electron chi connectivity index (χ1n) is 8.37. The fourth-order valence-electron chi connectivity index (χ4n) is 2.19. The van der Waals surface area contributed by atoms with E-state index >= 15 is 0 Å². The first-order chi connectivity index (χ1) is 12.6. The number of aromatic nitrogens is 2. The normalized spacial score (nSPS) is 12.2. The first-order valence-corrected chi connectivity index (χ1v) is 9.25. The van der Waals surface area contributed by atoms with Crippen LogP contribution in [0.15, 0.2) is 46.3 Å². The summed E-state index contributed by atoms with van der Waals surface area (Å²) in [6, 6.07) is 11.2. The van der Waals surface area contributed by atoms with Crippen LogP contribution in [-0.2, 0) is 0 Å². The van der Waals surface area contributed by atoms with Crippen LogP contribution in [0.5, 0.6) is 0 Å². The minimum absolute atomic E-state index is 0.119. The molecule has 0 bridgehead atoms. The summed E-state index contributed by atoms with van der Waals surface area (Å²) >= 11 is 1.64. The van der Waals surface area contributed by atoms with E-state index in [0.29, 0.717) is 17.4 Å². The standard InChI is InChI=1S/C19H20N4O2S/c1-3-13(2)20-19(24)21-15-7-4-6-14(12-15)18-22-17(25-23-18)10-9-16-8-5-11-26-16/h4-13H,3H2,1-2H3,(H2,20,21,24)/b10-9+/t13-/m0/s1. The van der Waals surface area contributed by atoms with E-state index in [1.165, 1.54) is 0 Å². The number of benzene rings is 1. The third-order valence-electron chi connectivity index (χ3n) is 3.74. The molecular weight excluding hydrogens is 348 g/mol. The number of rotatable bonds is 6. The van der Waals surface area contributed by atoms with Crippen molar-refractivity contribution in [3.63, 3.8) is 0 Å². The van der Waals surface area contributed by atoms with Gasteiger partial charge in [-0.3, -0.25) is 0 Å². The Morgan fingerprint density at radius 1 is 1.31 bits per heavy atom. The van der Waals surface area contributed by atoms with Crippen molar-refractivity contribution in [2.24, 2.45) is 0 Å². The monoisotopic (exact) mass is 368 g/mol. The number of hydrogen-bond donors (Lipinski definition) is 2. The van der Waals surface area contributed by atoms with E-state index in [1.54, 1.807) is 17.4 Å². The number of urea groups is 1. The van der Waals surface area contributed by atoms with Crippen molar-refractivity contribution >= 4 is 35.2 Å². The van der Waals surface area contributed by atoms with Crippen molar-refractivity contribution < 1.29 is 9.32 Å². The fourth-order valence-corrected chi connectivity index (χ4v) is 2.81. The summed E-state index contributed by atoms with van der Waals surface area (Å²) in [4.78, 5) is 17.4. The topological polar surface area (TPSA) is 80.0 Å². The molecule has 2 N–H and O–H groups in total. The van der Waals surface area contributed by atoms with Crippen LogP contribution in [0.2, 0.25) is 0 Å². The lowest BCUT2D eigenvalue weighted by Gasteiger charge is -2.12. The Hall–Kier alpha value is -2.93. The van der Waals surface area contributed by atoms with Crippen LogP contribution in [-0.4, -0.2) is 22.2 Å². The lowest BCUT2D eigenvalue weighted by Crippen LogP contribution is -2.35. The molecule has 0 spiro atoms. The number of carbonyl (C=O) groups excluding carboxylic acids is 1. The van der Waals surface area contributed by atoms with Gasteiger partial charge in [0, 0.05) is 28.2 Å². The molecule has 7 heteroatoms. The predicted molar refractivity (Wildman–Crippen MR) is 105 cm³/mol. The molecular formula is C19H20N4O2S. The molecule has 1 atom stereocenters. The number of hydrogen-bond acceptors (Lipinski definition) is 5. The molecule has 3 rings (SSSR count). The van der Waals surface area contributed by atoms with Crippen molar-refractivity contribution in [2.45, 2.75) is 26.3 Å². The summed E-state index contributed by atoms with van der Waals surface area (Å²) in [5.41, 5.74) is 1.44. The van der Waals surface area contributed by atoms with Crippen molar-refractivity contribution in [2.75, 3.05) is 5.32 Å². The molecule has 2 aromatic heterocycles. The number of nitrogens with one attached hydrogen (secondary N) is 2. The zero-order valence-corrected chi connectivity index (χ0v) is 15.4. The lowest BCUT2D eigenvalue weighted by atomic mass is 10.2. The first kappa shape index (κ1) is 17.9. The Balaban J connectivity index is 1.69. The van der Waals surface area contributed by atoms with Gasteiger partial charge in [0.05, 0.1) is 0 Å². The van der Waals surface area contributed by atoms with Crippen LogP contribution in [0.3, 0.4) is 0 Å². The molecule has 2 amide bonds. The molecule has 0 aliphatic carbocycles. The van der Waals surface area contributed by atoms with Crippen molar-refractivity contribution in [1.29, 1.82) is 0 Å². The van der Waals surface area contributed by atoms with Gasteiger partial charge in [0.1, 0.15) is 0 Å². The molecule has 2 heterocycles. The van der Waals surface area contributed by atoms with Gasteiger partial charge in [-0.15, -0.1) is 11.3 Å². The van der Waals surface area contributed by atoms with E-state index in [4.69, 9.17) is 4.52 Å². The van der Waals surface area contributed by atoms with Gasteiger partial charge in [0.2, 0.25) is 5.82 Å². The molecule has 0 fully saturated rings. The molecule has 3 aromatic rings. The van der Waals surface area contributed by atoms with Gasteiger partial charge in [-0.2, -0.15) is 4.98 Å². The van der Waals surface area contributed by atoms with Gasteiger partial charge in [0.25, 0.3) is 5.89 Å². The second-order valence-electron chi connectivity index (χ2n) is 5.79. The van der Waals surface area contributed by atoms with E-state index in [-0.39, 0.29) is 12.1 Å². The molecule has 0 aliphatic rings. The fraction of sp³-hybridized carbons (Fsp3) is 0.211. The molecule has 6 nitrogen and oxygen atoms in total. The SMILES string of the molecule is CC[C@H](C)NC(=O)Nc1cccc(-c2noc(/C=C/c3cccs3)n2)c1. The summed E-state index contributed by atoms with van der Waals surface area (Å²) in [6.07, 6.45) is 4.58. The molecule has 26 heavy (non-hydrogen) atoms. The van der Waals surface area contributed by atoms with Crippen molar-refractivity contribution in [3.8, 4) is 11.4 Å². The zero-order valence-electron chi connectivity index (χ0n) is 14.6. The van der Waals surface area contributed by atoms with Crippen molar-refractivity contribution in [3.05, 3.63) is 52.5 Å². The molecule has 134 valence electrons. The quantitative estimate of drug-likeness (QED) is 0.649. The Kier molecular flexibility index (Phi) is 5.80. The van der Waals surface area contributed by atoms with Crippen molar-refractivity contribution in [1.82, 2.24) is 15.5 Å². The van der Waals surface area contributed by atoms with Crippen LogP contribution in [0.1, 0.15) is 31.0 Å². The average molecular weight is 368 g/mol. The van der Waals surface area contributed by atoms with Crippen LogP contribution < -0.4 is 10.6 Å². The van der Waals surface area contributed by atoms with Gasteiger partial charge >= 0.3 is 6.03 Å². The highest BCUT2D eigenvalue weighted by Gasteiger charge is 2.09. The van der Waals surface area contributed by atoms with E-state index < -0.39 is 0 Å². The Morgan fingerprint density at radius 3 is 2.96 bits per heavy atom. The number of nitrogens with zero attached hydrogens (tertiary/aromatic N) is 2. The number of anilines is 1. The van der Waals surface area contributed by atoms with Gasteiger partial charge in [-0.1, -0.05) is 30.3 Å². The minimum Gasteiger partial charge on any atom is -0.335 e. The van der Waals surface area contributed by atoms with E-state index in [2.05, 4.69) is 20.8 Å². The number of amides is 2. The number of carbonyl (C=O) groups is 1. The second kappa shape index (κ2) is 8.44. The van der Waals surface area contributed by atoms with Gasteiger partial charge < -0.3 is 15.2 Å². The largest absolute Gasteiger partial charge is 0.335 e. The average Bonchev–Trinajstić information content (AvgIpc) is 3.31. The maximum Gasteiger partial charge on any atom is 0.319 e. The molecule has 0 radical (unpaired) electrons. The maximum absolute atomic E-state index is 12.0. The summed E-state index contributed by atoms with van der Waals surface area (Å²) in [5, 5.41) is 11.7. The molecule has 0 aliphatic heterocycles. The van der Waals surface area contributed by atoms with Crippen LogP contribution in [0, 0.1) is 0 Å². The smallest absolute Gasteiger partial charge is 0.319 e. The third kappa shape index (κ3) is 4.80. The molecule has 0 unspecified atom stereocenters. The van der Waals surface area contributed by atoms with E-state index in [1.807, 2.05) is 61.7 Å². The molecule has 0 saturated heterocycles. The lowest BCUT2D eigenvalue weighted by molar-refractivity contribution is 0.249. The summed E-state index contributed by atoms with van der Waals surface area (Å²) in [5.74, 6) is 0.906. The summed E-state index contributed by atoms with van der Waals surface area (Å²) in [7, 11) is 0. The molecule has 1 aromatic carbocycles.